The average Bonchev–Trinajstić information content (AvgIpc) is 2.73. The molecule has 0 aliphatic carbocycles. The third kappa shape index (κ3) is 3.17. The van der Waals surface area contributed by atoms with Crippen LogP contribution in [0.25, 0.3) is 0 Å². The van der Waals surface area contributed by atoms with E-state index < -0.39 is 5.82 Å². The predicted octanol–water partition coefficient (Wildman–Crippen LogP) is 4.43. The monoisotopic (exact) mass is 328 g/mol. The molecular weight excluding hydrogens is 319 g/mol. The lowest BCUT2D eigenvalue weighted by Gasteiger charge is -2.08. The Balaban J connectivity index is 2.16. The largest absolute Gasteiger partial charge is 0.487 e. The number of hydrogen-bond donors (Lipinski definition) is 0. The zero-order valence-corrected chi connectivity index (χ0v) is 12.0. The summed E-state index contributed by atoms with van der Waals surface area (Å²) in [5.41, 5.74) is 0.269. The summed E-state index contributed by atoms with van der Waals surface area (Å²) in [4.78, 5) is 12.4. The van der Waals surface area contributed by atoms with Gasteiger partial charge in [0.1, 0.15) is 18.2 Å². The first-order valence-corrected chi connectivity index (χ1v) is 6.84. The SMILES string of the molecule is CC(=O)c1cc(F)ccc1OCc1ccc(Br)s1. The molecule has 0 spiro atoms. The first kappa shape index (κ1) is 13.2. The Hall–Kier alpha value is -1.20. The van der Waals surface area contributed by atoms with E-state index in [0.717, 1.165) is 8.66 Å². The highest BCUT2D eigenvalue weighted by Crippen LogP contribution is 2.25. The highest BCUT2D eigenvalue weighted by Gasteiger charge is 2.10. The number of thiophene rings is 1. The Kier molecular flexibility index (Phi) is 4.14. The van der Waals surface area contributed by atoms with Crippen molar-refractivity contribution in [2.75, 3.05) is 0 Å². The van der Waals surface area contributed by atoms with Crippen molar-refractivity contribution in [3.8, 4) is 5.75 Å². The Morgan fingerprint density at radius 3 is 2.78 bits per heavy atom. The molecule has 5 heteroatoms. The molecule has 0 unspecified atom stereocenters. The van der Waals surface area contributed by atoms with Crippen LogP contribution in [0.2, 0.25) is 0 Å². The summed E-state index contributed by atoms with van der Waals surface area (Å²) < 4.78 is 19.6. The number of benzene rings is 1. The molecule has 94 valence electrons. The van der Waals surface area contributed by atoms with Crippen molar-refractivity contribution in [2.45, 2.75) is 13.5 Å². The number of Topliss-reactive ketones (excluding diaryl/α,β-unsaturated/α-hetero) is 1. The van der Waals surface area contributed by atoms with Gasteiger partial charge in [-0.05, 0) is 53.2 Å². The van der Waals surface area contributed by atoms with Crippen LogP contribution < -0.4 is 4.74 Å². The number of ketones is 1. The number of halogens is 2. The van der Waals surface area contributed by atoms with Gasteiger partial charge in [-0.3, -0.25) is 4.79 Å². The molecule has 0 atom stereocenters. The van der Waals surface area contributed by atoms with Gasteiger partial charge < -0.3 is 4.74 Å². The van der Waals surface area contributed by atoms with E-state index in [9.17, 15) is 9.18 Å². The van der Waals surface area contributed by atoms with Gasteiger partial charge in [-0.1, -0.05) is 0 Å². The van der Waals surface area contributed by atoms with Gasteiger partial charge in [0, 0.05) is 4.88 Å². The molecule has 1 aromatic carbocycles. The van der Waals surface area contributed by atoms with E-state index in [2.05, 4.69) is 15.9 Å². The van der Waals surface area contributed by atoms with E-state index in [4.69, 9.17) is 4.74 Å². The van der Waals surface area contributed by atoms with E-state index in [-0.39, 0.29) is 11.3 Å². The predicted molar refractivity (Wildman–Crippen MR) is 72.8 cm³/mol. The molecule has 0 radical (unpaired) electrons. The van der Waals surface area contributed by atoms with Gasteiger partial charge in [-0.2, -0.15) is 0 Å². The second-order valence-corrected chi connectivity index (χ2v) is 6.24. The molecule has 0 amide bonds. The van der Waals surface area contributed by atoms with Crippen LogP contribution >= 0.6 is 27.3 Å². The smallest absolute Gasteiger partial charge is 0.163 e. The van der Waals surface area contributed by atoms with Gasteiger partial charge in [0.15, 0.2) is 5.78 Å². The molecule has 2 aromatic rings. The molecule has 0 fully saturated rings. The minimum Gasteiger partial charge on any atom is -0.487 e. The van der Waals surface area contributed by atoms with Gasteiger partial charge in [-0.15, -0.1) is 11.3 Å². The van der Waals surface area contributed by atoms with Crippen molar-refractivity contribution in [3.05, 3.63) is 50.4 Å². The molecule has 2 nitrogen and oxygen atoms in total. The Labute approximate surface area is 117 Å². The van der Waals surface area contributed by atoms with Crippen molar-refractivity contribution in [1.82, 2.24) is 0 Å². The van der Waals surface area contributed by atoms with Crippen LogP contribution in [0.3, 0.4) is 0 Å². The van der Waals surface area contributed by atoms with Gasteiger partial charge >= 0.3 is 0 Å². The quantitative estimate of drug-likeness (QED) is 0.776. The zero-order valence-electron chi connectivity index (χ0n) is 9.57. The van der Waals surface area contributed by atoms with Crippen molar-refractivity contribution in [3.63, 3.8) is 0 Å². The standard InChI is InChI=1S/C13H10BrFO2S/c1-8(16)11-6-9(15)2-4-12(11)17-7-10-3-5-13(14)18-10/h2-6H,7H2,1H3. The Morgan fingerprint density at radius 2 is 2.17 bits per heavy atom. The van der Waals surface area contributed by atoms with E-state index in [1.807, 2.05) is 12.1 Å². The molecule has 0 saturated heterocycles. The fraction of sp³-hybridized carbons (Fsp3) is 0.154. The molecule has 0 saturated carbocycles. The average molecular weight is 329 g/mol. The van der Waals surface area contributed by atoms with Crippen LogP contribution in [-0.2, 0) is 6.61 Å². The Morgan fingerprint density at radius 1 is 1.39 bits per heavy atom. The fourth-order valence-corrected chi connectivity index (χ4v) is 2.88. The number of carbonyl (C=O) groups is 1. The highest BCUT2D eigenvalue weighted by molar-refractivity contribution is 9.11. The van der Waals surface area contributed by atoms with E-state index >= 15 is 0 Å². The summed E-state index contributed by atoms with van der Waals surface area (Å²) in [6.45, 7) is 1.76. The number of rotatable bonds is 4. The summed E-state index contributed by atoms with van der Waals surface area (Å²) >= 11 is 4.92. The van der Waals surface area contributed by atoms with Crippen molar-refractivity contribution in [1.29, 1.82) is 0 Å². The highest BCUT2D eigenvalue weighted by atomic mass is 79.9. The summed E-state index contributed by atoms with van der Waals surface area (Å²) in [5, 5.41) is 0. The molecule has 0 bridgehead atoms. The van der Waals surface area contributed by atoms with E-state index in [1.54, 1.807) is 11.3 Å². The molecule has 18 heavy (non-hydrogen) atoms. The van der Waals surface area contributed by atoms with E-state index in [0.29, 0.717) is 12.4 Å². The molecular formula is C13H10BrFO2S. The minimum atomic E-state index is -0.439. The van der Waals surface area contributed by atoms with Crippen LogP contribution in [0.4, 0.5) is 4.39 Å². The summed E-state index contributed by atoms with van der Waals surface area (Å²) in [7, 11) is 0. The second kappa shape index (κ2) is 5.63. The summed E-state index contributed by atoms with van der Waals surface area (Å²) in [5.74, 6) is -0.239. The van der Waals surface area contributed by atoms with E-state index in [1.165, 1.54) is 25.1 Å². The third-order valence-corrected chi connectivity index (χ3v) is 3.92. The van der Waals surface area contributed by atoms with Gasteiger partial charge in [0.05, 0.1) is 9.35 Å². The topological polar surface area (TPSA) is 26.3 Å². The van der Waals surface area contributed by atoms with Gasteiger partial charge in [0.25, 0.3) is 0 Å². The van der Waals surface area contributed by atoms with Crippen LogP contribution in [0.1, 0.15) is 22.2 Å². The zero-order chi connectivity index (χ0) is 13.1. The number of ether oxygens (including phenoxy) is 1. The Bertz CT molecular complexity index is 580. The second-order valence-electron chi connectivity index (χ2n) is 3.69. The maximum atomic E-state index is 13.1. The van der Waals surface area contributed by atoms with Gasteiger partial charge in [-0.25, -0.2) is 4.39 Å². The maximum Gasteiger partial charge on any atom is 0.163 e. The molecule has 0 N–H and O–H groups in total. The molecule has 0 aliphatic heterocycles. The molecule has 2 rings (SSSR count). The summed E-state index contributed by atoms with van der Waals surface area (Å²) in [6, 6.07) is 7.83. The molecule has 1 heterocycles. The van der Waals surface area contributed by atoms with Crippen LogP contribution in [0, 0.1) is 5.82 Å². The van der Waals surface area contributed by atoms with Crippen LogP contribution in [0.15, 0.2) is 34.1 Å². The normalized spacial score (nSPS) is 10.4. The van der Waals surface area contributed by atoms with Crippen molar-refractivity contribution < 1.29 is 13.9 Å². The third-order valence-electron chi connectivity index (χ3n) is 2.32. The van der Waals surface area contributed by atoms with Crippen molar-refractivity contribution >= 4 is 33.0 Å². The fourth-order valence-electron chi connectivity index (χ4n) is 1.48. The molecule has 0 aliphatic rings. The maximum absolute atomic E-state index is 13.1. The first-order chi connectivity index (χ1) is 8.56. The number of hydrogen-bond acceptors (Lipinski definition) is 3. The number of carbonyl (C=O) groups excluding carboxylic acids is 1. The van der Waals surface area contributed by atoms with Crippen LogP contribution in [0.5, 0.6) is 5.75 Å². The lowest BCUT2D eigenvalue weighted by atomic mass is 10.1. The van der Waals surface area contributed by atoms with Gasteiger partial charge in [0.2, 0.25) is 0 Å². The lowest BCUT2D eigenvalue weighted by Crippen LogP contribution is -2.01. The first-order valence-electron chi connectivity index (χ1n) is 5.24. The minimum absolute atomic E-state index is 0.211. The van der Waals surface area contributed by atoms with Crippen molar-refractivity contribution in [2.24, 2.45) is 0 Å². The molecule has 1 aromatic heterocycles. The summed E-state index contributed by atoms with van der Waals surface area (Å²) in [6.07, 6.45) is 0. The lowest BCUT2D eigenvalue weighted by molar-refractivity contribution is 0.101. The van der Waals surface area contributed by atoms with Crippen LogP contribution in [-0.4, -0.2) is 5.78 Å².